The molecule has 1 aliphatic carbocycles. The summed E-state index contributed by atoms with van der Waals surface area (Å²) < 4.78 is 10.9. The highest BCUT2D eigenvalue weighted by Gasteiger charge is 2.28. The van der Waals surface area contributed by atoms with Gasteiger partial charge >= 0.3 is 5.97 Å². The highest BCUT2D eigenvalue weighted by Crippen LogP contribution is 2.34. The Labute approximate surface area is 197 Å². The normalized spacial score (nSPS) is 14.7. The fraction of sp³-hybridized carbons (Fsp3) is 0.417. The zero-order valence-electron chi connectivity index (χ0n) is 20.2. The molecular weight excluding hydrogens is 438 g/mol. The molecule has 0 aliphatic heterocycles. The van der Waals surface area contributed by atoms with Crippen LogP contribution >= 0.6 is 0 Å². The molecule has 1 N–H and O–H groups in total. The van der Waals surface area contributed by atoms with Gasteiger partial charge in [-0.15, -0.1) is 0 Å². The lowest BCUT2D eigenvalue weighted by molar-refractivity contribution is 0.0397. The van der Waals surface area contributed by atoms with Crippen molar-refractivity contribution in [3.05, 3.63) is 58.2 Å². The van der Waals surface area contributed by atoms with Crippen LogP contribution in [0.5, 0.6) is 0 Å². The Morgan fingerprint density at radius 3 is 2.56 bits per heavy atom. The third-order valence-electron chi connectivity index (χ3n) is 5.66. The Hall–Kier alpha value is -3.66. The molecule has 0 spiro atoms. The van der Waals surface area contributed by atoms with Crippen molar-refractivity contribution in [3.63, 3.8) is 0 Å². The quantitative estimate of drug-likeness (QED) is 0.459. The van der Waals surface area contributed by atoms with Crippen molar-refractivity contribution in [2.75, 3.05) is 14.2 Å². The van der Waals surface area contributed by atoms with Crippen LogP contribution in [0.3, 0.4) is 0 Å². The molecule has 0 radical (unpaired) electrons. The minimum atomic E-state index is -0.664. The maximum atomic E-state index is 13.0. The van der Waals surface area contributed by atoms with Crippen LogP contribution in [0.4, 0.5) is 0 Å². The fourth-order valence-corrected chi connectivity index (χ4v) is 3.59. The summed E-state index contributed by atoms with van der Waals surface area (Å²) in [5, 5.41) is 7.00. The van der Waals surface area contributed by atoms with E-state index in [9.17, 15) is 14.4 Å². The summed E-state index contributed by atoms with van der Waals surface area (Å²) in [7, 11) is 2.95. The molecule has 1 unspecified atom stereocenters. The second-order valence-electron chi connectivity index (χ2n) is 8.84. The molecule has 2 aromatic heterocycles. The highest BCUT2D eigenvalue weighted by atomic mass is 16.5. The Morgan fingerprint density at radius 2 is 1.94 bits per heavy atom. The van der Waals surface area contributed by atoms with Gasteiger partial charge in [0, 0.05) is 18.7 Å². The zero-order chi connectivity index (χ0) is 25.0. The lowest BCUT2D eigenvalue weighted by atomic mass is 9.98. The standard InChI is InChI=1S/C19H17N5O4.C5H12O/c1-10-11(8-25)3-4-13-12(10)5-6-14(13)22-17(26)16-7-15(18(27)28-2)23-19-20-9-21-24(16)19;1-5(2,3)6-4/h3-4,7-9,14H,5-6H2,1-2H3,(H,22,26);1-4H3. The molecule has 2 heterocycles. The van der Waals surface area contributed by atoms with E-state index in [0.29, 0.717) is 5.56 Å². The maximum absolute atomic E-state index is 13.0. The van der Waals surface area contributed by atoms with Crippen LogP contribution in [0.2, 0.25) is 0 Å². The number of aldehydes is 1. The second-order valence-corrected chi connectivity index (χ2v) is 8.84. The van der Waals surface area contributed by atoms with Gasteiger partial charge in [0.15, 0.2) is 5.69 Å². The monoisotopic (exact) mass is 467 g/mol. The number of aromatic nitrogens is 4. The van der Waals surface area contributed by atoms with Crippen molar-refractivity contribution < 1.29 is 23.9 Å². The first-order chi connectivity index (χ1) is 16.1. The van der Waals surface area contributed by atoms with Crippen molar-refractivity contribution in [2.24, 2.45) is 0 Å². The first-order valence-electron chi connectivity index (χ1n) is 10.8. The molecule has 3 aromatic rings. The smallest absolute Gasteiger partial charge is 0.356 e. The van der Waals surface area contributed by atoms with Crippen molar-refractivity contribution in [1.82, 2.24) is 24.9 Å². The summed E-state index contributed by atoms with van der Waals surface area (Å²) in [5.74, 6) is -0.938. The van der Waals surface area contributed by atoms with E-state index in [0.717, 1.165) is 35.8 Å². The molecule has 0 saturated carbocycles. The zero-order valence-corrected chi connectivity index (χ0v) is 20.2. The van der Waals surface area contributed by atoms with Crippen LogP contribution in [-0.4, -0.2) is 57.6 Å². The van der Waals surface area contributed by atoms with E-state index < -0.39 is 11.9 Å². The van der Waals surface area contributed by atoms with Gasteiger partial charge in [0.05, 0.1) is 18.8 Å². The van der Waals surface area contributed by atoms with Crippen molar-refractivity contribution in [2.45, 2.75) is 52.2 Å². The van der Waals surface area contributed by atoms with Gasteiger partial charge in [-0.3, -0.25) is 9.59 Å². The minimum Gasteiger partial charge on any atom is -0.464 e. The average Bonchev–Trinajstić information content (AvgIpc) is 3.45. The molecule has 1 aromatic carbocycles. The number of ether oxygens (including phenoxy) is 2. The molecule has 0 fully saturated rings. The molecule has 1 amide bonds. The van der Waals surface area contributed by atoms with E-state index in [2.05, 4.69) is 20.4 Å². The van der Waals surface area contributed by atoms with Crippen LogP contribution < -0.4 is 5.32 Å². The van der Waals surface area contributed by atoms with Gasteiger partial charge in [0.2, 0.25) is 0 Å². The van der Waals surface area contributed by atoms with Gasteiger partial charge in [-0.25, -0.2) is 9.78 Å². The summed E-state index contributed by atoms with van der Waals surface area (Å²) in [6.45, 7) is 7.98. The van der Waals surface area contributed by atoms with Crippen molar-refractivity contribution >= 4 is 23.9 Å². The molecular formula is C24H29N5O5. The van der Waals surface area contributed by atoms with Crippen LogP contribution in [0.15, 0.2) is 24.5 Å². The van der Waals surface area contributed by atoms with E-state index in [1.807, 2.05) is 33.8 Å². The summed E-state index contributed by atoms with van der Waals surface area (Å²) in [5.41, 5.74) is 3.84. The number of nitrogens with one attached hydrogen (secondary N) is 1. The summed E-state index contributed by atoms with van der Waals surface area (Å²) in [4.78, 5) is 44.0. The molecule has 0 saturated heterocycles. The molecule has 1 aliphatic rings. The Kier molecular flexibility index (Phi) is 7.41. The van der Waals surface area contributed by atoms with Crippen LogP contribution in [0.25, 0.3) is 5.78 Å². The molecule has 180 valence electrons. The predicted molar refractivity (Wildman–Crippen MR) is 124 cm³/mol. The van der Waals surface area contributed by atoms with Crippen LogP contribution in [0, 0.1) is 6.92 Å². The summed E-state index contributed by atoms with van der Waals surface area (Å²) in [6, 6.07) is 4.78. The predicted octanol–water partition coefficient (Wildman–Crippen LogP) is 2.88. The number of rotatable bonds is 4. The van der Waals surface area contributed by atoms with Gasteiger partial charge in [-0.1, -0.05) is 12.1 Å². The van der Waals surface area contributed by atoms with Gasteiger partial charge in [0.25, 0.3) is 11.7 Å². The van der Waals surface area contributed by atoms with E-state index in [-0.39, 0.29) is 28.8 Å². The minimum absolute atomic E-state index is 0.0218. The fourth-order valence-electron chi connectivity index (χ4n) is 3.59. The van der Waals surface area contributed by atoms with Crippen molar-refractivity contribution in [3.8, 4) is 0 Å². The van der Waals surface area contributed by atoms with Gasteiger partial charge in [-0.2, -0.15) is 14.6 Å². The van der Waals surface area contributed by atoms with Gasteiger partial charge < -0.3 is 14.8 Å². The Morgan fingerprint density at radius 1 is 1.24 bits per heavy atom. The third kappa shape index (κ3) is 5.28. The average molecular weight is 468 g/mol. The molecule has 1 atom stereocenters. The van der Waals surface area contributed by atoms with Crippen LogP contribution in [0.1, 0.15) is 81.3 Å². The Bertz CT molecular complexity index is 1230. The third-order valence-corrected chi connectivity index (χ3v) is 5.66. The molecule has 10 nitrogen and oxygen atoms in total. The number of hydrogen-bond donors (Lipinski definition) is 1. The highest BCUT2D eigenvalue weighted by molar-refractivity contribution is 5.96. The number of nitrogens with zero attached hydrogens (tertiary/aromatic N) is 4. The molecule has 4 rings (SSSR count). The number of esters is 1. The topological polar surface area (TPSA) is 125 Å². The number of fused-ring (bicyclic) bond motifs is 2. The maximum Gasteiger partial charge on any atom is 0.356 e. The number of amides is 1. The van der Waals surface area contributed by atoms with Gasteiger partial charge in [-0.05, 0) is 57.2 Å². The first-order valence-corrected chi connectivity index (χ1v) is 10.8. The number of hydrogen-bond acceptors (Lipinski definition) is 8. The number of methoxy groups -OCH3 is 2. The summed E-state index contributed by atoms with van der Waals surface area (Å²) in [6.07, 6.45) is 3.60. The van der Waals surface area contributed by atoms with Crippen molar-refractivity contribution in [1.29, 1.82) is 0 Å². The first kappa shape index (κ1) is 25.0. The number of benzene rings is 1. The number of carbonyl (C=O) groups excluding carboxylic acids is 3. The largest absolute Gasteiger partial charge is 0.464 e. The lowest BCUT2D eigenvalue weighted by Crippen LogP contribution is -2.29. The summed E-state index contributed by atoms with van der Waals surface area (Å²) >= 11 is 0. The van der Waals surface area contributed by atoms with E-state index in [1.165, 1.54) is 24.0 Å². The number of carbonyl (C=O) groups is 3. The van der Waals surface area contributed by atoms with Crippen LogP contribution in [-0.2, 0) is 15.9 Å². The van der Waals surface area contributed by atoms with E-state index in [1.54, 1.807) is 13.2 Å². The lowest BCUT2D eigenvalue weighted by Gasteiger charge is -2.15. The van der Waals surface area contributed by atoms with E-state index in [4.69, 9.17) is 9.47 Å². The molecule has 10 heteroatoms. The van der Waals surface area contributed by atoms with E-state index >= 15 is 0 Å². The van der Waals surface area contributed by atoms with Gasteiger partial charge in [0.1, 0.15) is 18.3 Å². The Balaban J connectivity index is 0.000000481. The molecule has 0 bridgehead atoms. The molecule has 34 heavy (non-hydrogen) atoms. The SMILES string of the molecule is COC(=O)c1cc(C(=O)NC2CCc3c2ccc(C=O)c3C)n2ncnc2n1.COC(C)(C)C. The second kappa shape index (κ2) is 10.1.